The Kier molecular flexibility index (Phi) is 27.2. The first-order chi connectivity index (χ1) is 56.1. The van der Waals surface area contributed by atoms with E-state index in [0.29, 0.717) is 47.3 Å². The van der Waals surface area contributed by atoms with Crippen LogP contribution >= 0.6 is 34.0 Å². The Morgan fingerprint density at radius 3 is 1.13 bits per heavy atom. The highest BCUT2D eigenvalue weighted by Crippen LogP contribution is 2.49. The van der Waals surface area contributed by atoms with Crippen LogP contribution < -0.4 is 40.4 Å². The summed E-state index contributed by atoms with van der Waals surface area (Å²) in [6.45, 7) is 8.99. The summed E-state index contributed by atoms with van der Waals surface area (Å²) in [6, 6.07) is 46.2. The number of hydrogen-bond donors (Lipinski definition) is 3. The van der Waals surface area contributed by atoms with Crippen LogP contribution in [0.1, 0.15) is 251 Å². The summed E-state index contributed by atoms with van der Waals surface area (Å²) < 4.78 is 21.2. The first-order valence-electron chi connectivity index (χ1n) is 43.2. The molecule has 8 aliphatic carbocycles. The lowest BCUT2D eigenvalue weighted by Gasteiger charge is -2.36. The molecule has 9 aromatic rings. The molecule has 3 aromatic heterocycles. The third-order valence-corrected chi connectivity index (χ3v) is 29.9. The first kappa shape index (κ1) is 81.7. The zero-order valence-electron chi connectivity index (χ0n) is 68.8. The molecule has 115 heavy (non-hydrogen) atoms. The SMILES string of the molecule is COC(=O)NC1CCC(C(=O)N(CC2CCC(c3ccc(OC)c(C)c3)CC2)c2cccc(-c3cnc(C4CC4)s3)c2)CC1.COc1ccc(C2CCC(CN(C(=O)C3CCC(N)CC3)c3cccc(-c4cnc(C5CC5)s4)c3)CC2)cc1C.COc1ccc(C2CCC(CNc3cccc(-c4cnc(C5CC5)s4)c3)CC2)cc1C. The minimum Gasteiger partial charge on any atom is -0.496 e. The number of aryl methyl sites for hydroxylation is 3. The summed E-state index contributed by atoms with van der Waals surface area (Å²) in [7, 11) is 6.60. The number of benzene rings is 6. The molecule has 8 saturated carbocycles. The van der Waals surface area contributed by atoms with Gasteiger partial charge in [-0.15, -0.1) is 34.0 Å². The lowest BCUT2D eigenvalue weighted by Crippen LogP contribution is -2.44. The van der Waals surface area contributed by atoms with Gasteiger partial charge in [0, 0.05) is 97.0 Å². The molecule has 608 valence electrons. The van der Waals surface area contributed by atoms with Gasteiger partial charge >= 0.3 is 6.09 Å². The summed E-state index contributed by atoms with van der Waals surface area (Å²) in [5, 5.41) is 10.4. The molecule has 8 aliphatic rings. The molecule has 8 fully saturated rings. The fourth-order valence-electron chi connectivity index (χ4n) is 18.7. The van der Waals surface area contributed by atoms with Gasteiger partial charge in [-0.25, -0.2) is 19.7 Å². The zero-order chi connectivity index (χ0) is 79.5. The predicted molar refractivity (Wildman–Crippen MR) is 470 cm³/mol. The fourth-order valence-corrected chi connectivity index (χ4v) is 22.0. The molecule has 0 aliphatic heterocycles. The average Bonchev–Trinajstić information content (AvgIpc) is 1.72. The summed E-state index contributed by atoms with van der Waals surface area (Å²) in [5.41, 5.74) is 21.0. The van der Waals surface area contributed by atoms with E-state index in [-0.39, 0.29) is 29.8 Å². The topological polar surface area (TPSA) is 183 Å². The molecule has 3 amide bonds. The fraction of sp³-hybridized carbons (Fsp3) is 0.505. The van der Waals surface area contributed by atoms with E-state index in [9.17, 15) is 14.4 Å². The molecule has 0 unspecified atom stereocenters. The summed E-state index contributed by atoms with van der Waals surface area (Å²) in [6.07, 6.45) is 34.4. The maximum Gasteiger partial charge on any atom is 0.407 e. The number of nitrogens with two attached hydrogens (primary N) is 1. The highest BCUT2D eigenvalue weighted by Gasteiger charge is 2.37. The van der Waals surface area contributed by atoms with Gasteiger partial charge in [-0.05, 0) is 328 Å². The normalized spacial score (nSPS) is 23.4. The Bertz CT molecular complexity index is 4730. The second-order valence-electron chi connectivity index (χ2n) is 34.6. The number of methoxy groups -OCH3 is 4. The third-order valence-electron chi connectivity index (χ3n) is 26.3. The van der Waals surface area contributed by atoms with Gasteiger partial charge in [-0.1, -0.05) is 72.8 Å². The molecule has 17 rings (SSSR count). The molecule has 3 heterocycles. The van der Waals surface area contributed by atoms with Crippen LogP contribution in [0, 0.1) is 50.4 Å². The number of thiazole rings is 3. The van der Waals surface area contributed by atoms with E-state index in [1.54, 1.807) is 32.7 Å². The molecule has 0 spiro atoms. The minimum atomic E-state index is -0.397. The molecule has 0 saturated heterocycles. The van der Waals surface area contributed by atoms with Crippen LogP contribution in [0.2, 0.25) is 0 Å². The molecule has 6 aromatic carbocycles. The Balaban J connectivity index is 0.000000138. The monoisotopic (exact) mass is 1600 g/mol. The van der Waals surface area contributed by atoms with Gasteiger partial charge in [0.25, 0.3) is 0 Å². The van der Waals surface area contributed by atoms with Crippen LogP contribution in [0.15, 0.2) is 146 Å². The van der Waals surface area contributed by atoms with Crippen molar-refractivity contribution >= 4 is 69.0 Å². The van der Waals surface area contributed by atoms with Gasteiger partial charge in [0.1, 0.15) is 17.2 Å². The molecule has 0 radical (unpaired) electrons. The van der Waals surface area contributed by atoms with E-state index < -0.39 is 6.09 Å². The highest BCUT2D eigenvalue weighted by atomic mass is 32.1. The van der Waals surface area contributed by atoms with Gasteiger partial charge in [0.15, 0.2) is 0 Å². The lowest BCUT2D eigenvalue weighted by molar-refractivity contribution is -0.124. The number of amides is 3. The van der Waals surface area contributed by atoms with E-state index in [0.717, 1.165) is 156 Å². The van der Waals surface area contributed by atoms with E-state index in [4.69, 9.17) is 34.6 Å². The van der Waals surface area contributed by atoms with Crippen molar-refractivity contribution in [2.45, 2.75) is 235 Å². The molecule has 0 bridgehead atoms. The van der Waals surface area contributed by atoms with Gasteiger partial charge in [-0.2, -0.15) is 0 Å². The zero-order valence-corrected chi connectivity index (χ0v) is 71.2. The van der Waals surface area contributed by atoms with Crippen LogP contribution in [0.4, 0.5) is 21.9 Å². The Labute approximate surface area is 694 Å². The number of anilines is 3. The van der Waals surface area contributed by atoms with Crippen molar-refractivity contribution in [1.82, 2.24) is 20.3 Å². The van der Waals surface area contributed by atoms with E-state index >= 15 is 0 Å². The Hall–Kier alpha value is -8.42. The maximum absolute atomic E-state index is 14.3. The van der Waals surface area contributed by atoms with Crippen molar-refractivity contribution in [3.8, 4) is 48.6 Å². The molecule has 15 nitrogen and oxygen atoms in total. The molecule has 0 atom stereocenters. The Morgan fingerprint density at radius 1 is 0.409 bits per heavy atom. The van der Waals surface area contributed by atoms with Crippen LogP contribution in [0.3, 0.4) is 0 Å². The first-order valence-corrected chi connectivity index (χ1v) is 45.6. The quantitative estimate of drug-likeness (QED) is 0.0521. The summed E-state index contributed by atoms with van der Waals surface area (Å²) in [5.74, 6) is 9.01. The minimum absolute atomic E-state index is 0.0437. The van der Waals surface area contributed by atoms with Crippen molar-refractivity contribution in [2.24, 2.45) is 35.3 Å². The number of carbonyl (C=O) groups is 3. The number of hydrogen-bond acceptors (Lipinski definition) is 15. The Morgan fingerprint density at radius 2 is 0.765 bits per heavy atom. The molecule has 4 N–H and O–H groups in total. The van der Waals surface area contributed by atoms with Crippen LogP contribution in [0.25, 0.3) is 31.3 Å². The van der Waals surface area contributed by atoms with Gasteiger partial charge in [-0.3, -0.25) is 9.59 Å². The molecular formula is C97H120N8O7S3. The summed E-state index contributed by atoms with van der Waals surface area (Å²) in [4.78, 5) is 62.0. The van der Waals surface area contributed by atoms with Crippen LogP contribution in [-0.4, -0.2) is 93.0 Å². The maximum atomic E-state index is 14.3. The lowest BCUT2D eigenvalue weighted by atomic mass is 9.78. The number of aromatic nitrogens is 3. The highest BCUT2D eigenvalue weighted by molar-refractivity contribution is 7.15. The molecular weight excluding hydrogens is 1490 g/mol. The number of rotatable bonds is 24. The van der Waals surface area contributed by atoms with E-state index in [1.165, 1.54) is 164 Å². The van der Waals surface area contributed by atoms with Gasteiger partial charge in [0.05, 0.1) is 58.1 Å². The van der Waals surface area contributed by atoms with E-state index in [1.807, 2.05) is 35.1 Å². The number of alkyl carbamates (subject to hydrolysis) is 1. The van der Waals surface area contributed by atoms with Crippen molar-refractivity contribution in [3.05, 3.63) is 194 Å². The number of carbonyl (C=O) groups excluding carboxylic acids is 3. The van der Waals surface area contributed by atoms with Crippen molar-refractivity contribution in [2.75, 3.05) is 63.2 Å². The van der Waals surface area contributed by atoms with Crippen molar-refractivity contribution < 1.29 is 33.3 Å². The average molecular weight is 1610 g/mol. The standard InChI is InChI=1S/C36H45N3O4S.C34H43N3O2S.C27H32N2OS/c1-23-19-28(15-18-32(23)42-2)25-9-7-24(8-10-25)22-39(35(40)27-13-16-30(17-14-27)38-36(41)43-3)31-6-4-5-29(20-31)33-21-37-34(44-33)26-11-12-26;1-22-18-27(14-17-31(22)39-2)24-8-6-23(7-9-24)21-37(34(38)26-12-15-29(35)16-13-26)30-5-3-4-28(19-30)32-20-36-33(40-32)25-10-11-25;1-18-14-22(12-13-25(18)30-2)20-8-6-19(7-9-20)16-28-24-5-3-4-23(15-24)26-17-29-27(31-26)21-10-11-21/h4-6,15,18-21,24-27,30H,7-14,16-17,22H2,1-3H3,(H,38,41);3-5,14,17-20,23-26,29H,6-13,15-16,21,35H2,1-2H3;3-5,12-15,17,19-21,28H,6-11,16H2,1-2H3. The smallest absolute Gasteiger partial charge is 0.407 e. The van der Waals surface area contributed by atoms with Gasteiger partial charge in [0.2, 0.25) is 11.8 Å². The number of nitrogens with one attached hydrogen (secondary N) is 2. The second kappa shape index (κ2) is 38.3. The summed E-state index contributed by atoms with van der Waals surface area (Å²) >= 11 is 5.47. The number of nitrogens with zero attached hydrogens (tertiary/aromatic N) is 5. The van der Waals surface area contributed by atoms with Crippen molar-refractivity contribution in [1.29, 1.82) is 0 Å². The largest absolute Gasteiger partial charge is 0.496 e. The van der Waals surface area contributed by atoms with Crippen LogP contribution in [-0.2, 0) is 14.3 Å². The predicted octanol–water partition coefficient (Wildman–Crippen LogP) is 23.4. The third kappa shape index (κ3) is 21.1. The second-order valence-corrected chi connectivity index (χ2v) is 37.8. The van der Waals surface area contributed by atoms with E-state index in [2.05, 4.69) is 180 Å². The molecule has 18 heteroatoms. The van der Waals surface area contributed by atoms with Gasteiger partial charge < -0.3 is 45.1 Å². The number of ether oxygens (including phenoxy) is 4. The van der Waals surface area contributed by atoms with Crippen LogP contribution in [0.5, 0.6) is 17.2 Å². The van der Waals surface area contributed by atoms with Crippen molar-refractivity contribution in [3.63, 3.8) is 0 Å².